The predicted molar refractivity (Wildman–Crippen MR) is 67.7 cm³/mol. The fourth-order valence-corrected chi connectivity index (χ4v) is 3.13. The first-order chi connectivity index (χ1) is 8.30. The van der Waals surface area contributed by atoms with Crippen molar-refractivity contribution in [3.63, 3.8) is 0 Å². The lowest BCUT2D eigenvalue weighted by atomic mass is 10.3. The van der Waals surface area contributed by atoms with Gasteiger partial charge in [0.25, 0.3) is 5.69 Å². The number of likely N-dealkylation sites (N-methyl/N-ethyl adjacent to an activating group) is 1. The summed E-state index contributed by atoms with van der Waals surface area (Å²) in [4.78, 5) is 9.66. The molecule has 0 heterocycles. The molecule has 0 saturated heterocycles. The van der Waals surface area contributed by atoms with Gasteiger partial charge in [-0.3, -0.25) is 10.1 Å². The standard InChI is InChI=1S/C9H11BrN2O5S/c1-11(4-5-13)18(16,17)9-6-7(10)2-3-8(9)12(14)15/h2-3,6,13H,4-5H2,1H3. The van der Waals surface area contributed by atoms with Gasteiger partial charge in [-0.2, -0.15) is 4.31 Å². The first-order valence-corrected chi connectivity index (χ1v) is 7.05. The van der Waals surface area contributed by atoms with E-state index in [2.05, 4.69) is 15.9 Å². The van der Waals surface area contributed by atoms with E-state index in [1.807, 2.05) is 0 Å². The van der Waals surface area contributed by atoms with Crippen LogP contribution in [0.2, 0.25) is 0 Å². The van der Waals surface area contributed by atoms with Gasteiger partial charge in [0.1, 0.15) is 0 Å². The molecule has 0 aliphatic heterocycles. The van der Waals surface area contributed by atoms with Crippen LogP contribution in [-0.4, -0.2) is 43.0 Å². The van der Waals surface area contributed by atoms with E-state index in [9.17, 15) is 18.5 Å². The van der Waals surface area contributed by atoms with E-state index in [-0.39, 0.29) is 13.2 Å². The second kappa shape index (κ2) is 5.74. The van der Waals surface area contributed by atoms with Crippen LogP contribution < -0.4 is 0 Å². The molecule has 0 atom stereocenters. The third-order valence-corrected chi connectivity index (χ3v) is 4.60. The minimum atomic E-state index is -4.00. The number of nitro groups is 1. The minimum absolute atomic E-state index is 0.133. The highest BCUT2D eigenvalue weighted by molar-refractivity contribution is 9.10. The van der Waals surface area contributed by atoms with Crippen molar-refractivity contribution >= 4 is 31.6 Å². The molecular formula is C9H11BrN2O5S. The molecule has 18 heavy (non-hydrogen) atoms. The van der Waals surface area contributed by atoms with Crippen LogP contribution in [0.3, 0.4) is 0 Å². The summed E-state index contributed by atoms with van der Waals surface area (Å²) in [5.41, 5.74) is -0.497. The van der Waals surface area contributed by atoms with E-state index >= 15 is 0 Å². The van der Waals surface area contributed by atoms with Gasteiger partial charge in [0, 0.05) is 24.1 Å². The van der Waals surface area contributed by atoms with E-state index < -0.39 is 25.5 Å². The lowest BCUT2D eigenvalue weighted by molar-refractivity contribution is -0.387. The Morgan fingerprint density at radius 2 is 2.11 bits per heavy atom. The second-order valence-electron chi connectivity index (χ2n) is 3.42. The number of hydrogen-bond donors (Lipinski definition) is 1. The molecule has 1 rings (SSSR count). The highest BCUT2D eigenvalue weighted by atomic mass is 79.9. The summed E-state index contributed by atoms with van der Waals surface area (Å²) in [5, 5.41) is 19.5. The van der Waals surface area contributed by atoms with Gasteiger partial charge in [-0.15, -0.1) is 0 Å². The molecule has 100 valence electrons. The first-order valence-electron chi connectivity index (χ1n) is 4.82. The van der Waals surface area contributed by atoms with Gasteiger partial charge in [0.15, 0.2) is 4.90 Å². The monoisotopic (exact) mass is 338 g/mol. The number of nitrogens with zero attached hydrogens (tertiary/aromatic N) is 2. The average Bonchev–Trinajstić information content (AvgIpc) is 2.28. The quantitative estimate of drug-likeness (QED) is 0.636. The Hall–Kier alpha value is -1.03. The molecule has 7 nitrogen and oxygen atoms in total. The summed E-state index contributed by atoms with van der Waals surface area (Å²) >= 11 is 3.07. The zero-order chi connectivity index (χ0) is 13.9. The Labute approximate surface area is 112 Å². The third-order valence-electron chi connectivity index (χ3n) is 2.22. The number of hydrogen-bond acceptors (Lipinski definition) is 5. The molecule has 0 bridgehead atoms. The van der Waals surface area contributed by atoms with Crippen molar-refractivity contribution in [2.75, 3.05) is 20.2 Å². The van der Waals surface area contributed by atoms with Crippen LogP contribution in [0.15, 0.2) is 27.6 Å². The normalized spacial score (nSPS) is 11.8. The molecule has 0 unspecified atom stereocenters. The van der Waals surface area contributed by atoms with Gasteiger partial charge in [0.2, 0.25) is 10.0 Å². The van der Waals surface area contributed by atoms with Crippen LogP contribution in [0.25, 0.3) is 0 Å². The molecule has 0 amide bonds. The Morgan fingerprint density at radius 3 is 2.61 bits per heavy atom. The van der Waals surface area contributed by atoms with Crippen molar-refractivity contribution in [1.29, 1.82) is 0 Å². The first kappa shape index (κ1) is 15.0. The Morgan fingerprint density at radius 1 is 1.50 bits per heavy atom. The van der Waals surface area contributed by atoms with Gasteiger partial charge in [-0.1, -0.05) is 15.9 Å². The number of sulfonamides is 1. The molecule has 0 fully saturated rings. The lowest BCUT2D eigenvalue weighted by Crippen LogP contribution is -2.30. The number of aliphatic hydroxyl groups excluding tert-OH is 1. The summed E-state index contributed by atoms with van der Waals surface area (Å²) < 4.78 is 25.5. The predicted octanol–water partition coefficient (Wildman–Crippen LogP) is 0.970. The molecule has 0 aliphatic rings. The summed E-state index contributed by atoms with van der Waals surface area (Å²) in [6, 6.07) is 3.67. The SMILES string of the molecule is CN(CCO)S(=O)(=O)c1cc(Br)ccc1[N+](=O)[O-]. The molecule has 0 radical (unpaired) electrons. The molecule has 0 aromatic heterocycles. The number of halogens is 1. The molecular weight excluding hydrogens is 328 g/mol. The summed E-state index contributed by atoms with van der Waals surface area (Å²) in [6.07, 6.45) is 0. The smallest absolute Gasteiger partial charge is 0.289 e. The van der Waals surface area contributed by atoms with Crippen LogP contribution in [0.5, 0.6) is 0 Å². The van der Waals surface area contributed by atoms with Crippen LogP contribution in [-0.2, 0) is 10.0 Å². The fraction of sp³-hybridized carbons (Fsp3) is 0.333. The van der Waals surface area contributed by atoms with Gasteiger partial charge in [0.05, 0.1) is 11.5 Å². The van der Waals surface area contributed by atoms with Crippen molar-refractivity contribution in [2.24, 2.45) is 0 Å². The Kier molecular flexibility index (Phi) is 4.79. The topological polar surface area (TPSA) is 101 Å². The van der Waals surface area contributed by atoms with Crippen LogP contribution >= 0.6 is 15.9 Å². The molecule has 1 aromatic carbocycles. The molecule has 0 aliphatic carbocycles. The summed E-state index contributed by atoms with van der Waals surface area (Å²) in [5.74, 6) is 0. The highest BCUT2D eigenvalue weighted by Gasteiger charge is 2.29. The van der Waals surface area contributed by atoms with Crippen molar-refractivity contribution in [2.45, 2.75) is 4.90 Å². The maximum atomic E-state index is 12.1. The van der Waals surface area contributed by atoms with Gasteiger partial charge >= 0.3 is 0 Å². The van der Waals surface area contributed by atoms with Gasteiger partial charge in [-0.25, -0.2) is 8.42 Å². The maximum Gasteiger partial charge on any atom is 0.289 e. The van der Waals surface area contributed by atoms with Crippen LogP contribution in [0.1, 0.15) is 0 Å². The molecule has 0 saturated carbocycles. The average molecular weight is 339 g/mol. The van der Waals surface area contributed by atoms with Gasteiger partial charge < -0.3 is 5.11 Å². The second-order valence-corrected chi connectivity index (χ2v) is 6.35. The van der Waals surface area contributed by atoms with Crippen molar-refractivity contribution in [3.05, 3.63) is 32.8 Å². The Balaban J connectivity index is 3.39. The Bertz CT molecular complexity index is 560. The number of nitro benzene ring substituents is 1. The molecule has 1 N–H and O–H groups in total. The van der Waals surface area contributed by atoms with Crippen LogP contribution in [0, 0.1) is 10.1 Å². The van der Waals surface area contributed by atoms with E-state index in [1.54, 1.807) is 0 Å². The van der Waals surface area contributed by atoms with Gasteiger partial charge in [-0.05, 0) is 12.1 Å². The molecule has 1 aromatic rings. The fourth-order valence-electron chi connectivity index (χ4n) is 1.27. The zero-order valence-corrected chi connectivity index (χ0v) is 11.8. The zero-order valence-electron chi connectivity index (χ0n) is 9.41. The highest BCUT2D eigenvalue weighted by Crippen LogP contribution is 2.29. The van der Waals surface area contributed by atoms with E-state index in [0.29, 0.717) is 4.47 Å². The molecule has 9 heteroatoms. The number of aliphatic hydroxyl groups is 1. The summed E-state index contributed by atoms with van der Waals surface area (Å²) in [6.45, 7) is -0.496. The van der Waals surface area contributed by atoms with Crippen molar-refractivity contribution in [1.82, 2.24) is 4.31 Å². The van der Waals surface area contributed by atoms with Crippen molar-refractivity contribution in [3.8, 4) is 0 Å². The molecule has 0 spiro atoms. The van der Waals surface area contributed by atoms with E-state index in [1.165, 1.54) is 19.2 Å². The van der Waals surface area contributed by atoms with Crippen LogP contribution in [0.4, 0.5) is 5.69 Å². The number of rotatable bonds is 5. The van der Waals surface area contributed by atoms with Crippen molar-refractivity contribution < 1.29 is 18.4 Å². The maximum absolute atomic E-state index is 12.1. The minimum Gasteiger partial charge on any atom is -0.395 e. The lowest BCUT2D eigenvalue weighted by Gasteiger charge is -2.15. The number of benzene rings is 1. The van der Waals surface area contributed by atoms with E-state index in [0.717, 1.165) is 10.4 Å². The third kappa shape index (κ3) is 3.05. The largest absolute Gasteiger partial charge is 0.395 e. The van der Waals surface area contributed by atoms with E-state index in [4.69, 9.17) is 5.11 Å². The summed E-state index contributed by atoms with van der Waals surface area (Å²) in [7, 11) is -2.75.